The summed E-state index contributed by atoms with van der Waals surface area (Å²) in [4.78, 5) is 20.1. The van der Waals surface area contributed by atoms with Gasteiger partial charge in [-0.15, -0.1) is 0 Å². The Hall–Kier alpha value is -4.08. The van der Waals surface area contributed by atoms with Crippen LogP contribution in [-0.4, -0.2) is 47.7 Å². The van der Waals surface area contributed by atoms with E-state index in [1.54, 1.807) is 33.8 Å². The number of pyridine rings is 1. The van der Waals surface area contributed by atoms with Crippen LogP contribution in [0.15, 0.2) is 42.9 Å². The number of rotatable bonds is 5. The minimum Gasteiger partial charge on any atom is -0.504 e. The van der Waals surface area contributed by atoms with Crippen molar-refractivity contribution in [3.05, 3.63) is 48.4 Å². The number of carboxylic acid groups (broad SMARTS) is 1. The number of nitrogens with one attached hydrogen (secondary N) is 1. The maximum Gasteiger partial charge on any atom is 0.411 e. The molecular formula is C19H18N6O4. The molecule has 0 fully saturated rings. The van der Waals surface area contributed by atoms with Gasteiger partial charge in [0.1, 0.15) is 5.52 Å². The van der Waals surface area contributed by atoms with Crippen LogP contribution < -0.4 is 10.1 Å². The lowest BCUT2D eigenvalue weighted by Gasteiger charge is -2.10. The molecule has 0 aliphatic heterocycles. The molecule has 0 spiro atoms. The molecule has 10 nitrogen and oxygen atoms in total. The fourth-order valence-electron chi connectivity index (χ4n) is 3.08. The van der Waals surface area contributed by atoms with Crippen molar-refractivity contribution in [2.45, 2.75) is 6.54 Å². The fraction of sp³-hybridized carbons (Fsp3) is 0.158. The van der Waals surface area contributed by atoms with Gasteiger partial charge in [0.15, 0.2) is 17.1 Å². The Balaban J connectivity index is 1.79. The van der Waals surface area contributed by atoms with Crippen LogP contribution in [0, 0.1) is 0 Å². The van der Waals surface area contributed by atoms with E-state index < -0.39 is 6.09 Å². The molecule has 29 heavy (non-hydrogen) atoms. The highest BCUT2D eigenvalue weighted by Gasteiger charge is 2.16. The second-order valence-corrected chi connectivity index (χ2v) is 6.43. The molecule has 4 aromatic rings. The Bertz CT molecular complexity index is 1210. The highest BCUT2D eigenvalue weighted by molar-refractivity contribution is 5.86. The summed E-state index contributed by atoms with van der Waals surface area (Å²) in [5, 5.41) is 25.5. The van der Waals surface area contributed by atoms with Gasteiger partial charge in [0.2, 0.25) is 5.95 Å². The molecule has 10 heteroatoms. The number of aryl methyl sites for hydroxylation is 1. The molecule has 0 aliphatic carbocycles. The van der Waals surface area contributed by atoms with E-state index >= 15 is 0 Å². The number of methoxy groups -OCH3 is 1. The zero-order valence-corrected chi connectivity index (χ0v) is 15.7. The van der Waals surface area contributed by atoms with Gasteiger partial charge < -0.3 is 14.9 Å². The maximum atomic E-state index is 11.2. The van der Waals surface area contributed by atoms with Crippen LogP contribution in [0.3, 0.4) is 0 Å². The summed E-state index contributed by atoms with van der Waals surface area (Å²) in [5.41, 5.74) is 3.55. The van der Waals surface area contributed by atoms with Crippen molar-refractivity contribution in [2.24, 2.45) is 7.05 Å². The zero-order chi connectivity index (χ0) is 20.5. The van der Waals surface area contributed by atoms with Crippen LogP contribution in [0.2, 0.25) is 0 Å². The van der Waals surface area contributed by atoms with Gasteiger partial charge in [0.05, 0.1) is 19.9 Å². The average molecular weight is 394 g/mol. The molecule has 0 aliphatic rings. The van der Waals surface area contributed by atoms with Crippen molar-refractivity contribution in [2.75, 3.05) is 12.4 Å². The molecule has 148 valence electrons. The van der Waals surface area contributed by atoms with E-state index in [2.05, 4.69) is 20.4 Å². The van der Waals surface area contributed by atoms with Gasteiger partial charge in [-0.25, -0.2) is 14.8 Å². The van der Waals surface area contributed by atoms with Gasteiger partial charge in [-0.3, -0.25) is 14.6 Å². The summed E-state index contributed by atoms with van der Waals surface area (Å²) >= 11 is 0. The largest absolute Gasteiger partial charge is 0.504 e. The van der Waals surface area contributed by atoms with E-state index in [4.69, 9.17) is 4.74 Å². The topological polar surface area (TPSA) is 127 Å². The minimum absolute atomic E-state index is 0.0230. The second kappa shape index (κ2) is 7.15. The lowest BCUT2D eigenvalue weighted by Crippen LogP contribution is -2.13. The Morgan fingerprint density at radius 2 is 2.07 bits per heavy atom. The smallest absolute Gasteiger partial charge is 0.411 e. The SMILES string of the molecule is COc1cc(Cn2c(NC(=O)O)nc3cc(-c4cnn(C)c4)cnc32)ccc1O. The maximum absolute atomic E-state index is 11.2. The molecule has 1 amide bonds. The first-order valence-electron chi connectivity index (χ1n) is 8.65. The van der Waals surface area contributed by atoms with Crippen LogP contribution >= 0.6 is 0 Å². The van der Waals surface area contributed by atoms with Crippen LogP contribution in [-0.2, 0) is 13.6 Å². The number of benzene rings is 1. The Labute approximate surface area is 165 Å². The van der Waals surface area contributed by atoms with Crippen LogP contribution in [0.1, 0.15) is 5.56 Å². The van der Waals surface area contributed by atoms with E-state index in [1.165, 1.54) is 13.2 Å². The van der Waals surface area contributed by atoms with Crippen molar-refractivity contribution < 1.29 is 19.7 Å². The molecule has 0 radical (unpaired) electrons. The summed E-state index contributed by atoms with van der Waals surface area (Å²) in [6.07, 6.45) is 4.05. The van der Waals surface area contributed by atoms with Gasteiger partial charge >= 0.3 is 6.09 Å². The molecular weight excluding hydrogens is 376 g/mol. The summed E-state index contributed by atoms with van der Waals surface area (Å²) in [7, 11) is 3.29. The predicted octanol–water partition coefficient (Wildman–Crippen LogP) is 2.68. The van der Waals surface area contributed by atoms with Crippen molar-refractivity contribution >= 4 is 23.2 Å². The average Bonchev–Trinajstić information content (AvgIpc) is 3.26. The highest BCUT2D eigenvalue weighted by Crippen LogP contribution is 2.29. The Morgan fingerprint density at radius 1 is 1.24 bits per heavy atom. The number of fused-ring (bicyclic) bond motifs is 1. The van der Waals surface area contributed by atoms with Crippen molar-refractivity contribution in [3.63, 3.8) is 0 Å². The Morgan fingerprint density at radius 3 is 2.76 bits per heavy atom. The third kappa shape index (κ3) is 3.55. The number of anilines is 1. The van der Waals surface area contributed by atoms with Crippen molar-refractivity contribution in [1.29, 1.82) is 0 Å². The third-order valence-electron chi connectivity index (χ3n) is 4.43. The number of hydrogen-bond acceptors (Lipinski definition) is 6. The first-order valence-corrected chi connectivity index (χ1v) is 8.65. The van der Waals surface area contributed by atoms with Crippen LogP contribution in [0.4, 0.5) is 10.7 Å². The van der Waals surface area contributed by atoms with Crippen LogP contribution in [0.5, 0.6) is 11.5 Å². The first kappa shape index (κ1) is 18.3. The third-order valence-corrected chi connectivity index (χ3v) is 4.43. The molecule has 1 aromatic carbocycles. The monoisotopic (exact) mass is 394 g/mol. The fourth-order valence-corrected chi connectivity index (χ4v) is 3.08. The molecule has 0 unspecified atom stereocenters. The van der Waals surface area contributed by atoms with Gasteiger partial charge in [0, 0.05) is 30.6 Å². The summed E-state index contributed by atoms with van der Waals surface area (Å²) in [6, 6.07) is 6.75. The number of phenolic OH excluding ortho intramolecular Hbond substituents is 1. The molecule has 3 N–H and O–H groups in total. The number of aromatic hydroxyl groups is 1. The first-order chi connectivity index (χ1) is 13.9. The van der Waals surface area contributed by atoms with Crippen molar-refractivity contribution in [3.8, 4) is 22.6 Å². The summed E-state index contributed by atoms with van der Waals surface area (Å²) < 4.78 is 8.49. The zero-order valence-electron chi connectivity index (χ0n) is 15.7. The van der Waals surface area contributed by atoms with Crippen molar-refractivity contribution in [1.82, 2.24) is 24.3 Å². The Kier molecular flexibility index (Phi) is 4.51. The standard InChI is InChI=1S/C19H18N6O4/c1-24-10-13(8-21-24)12-6-14-17(20-7-12)25(18(22-14)23-19(27)28)9-11-3-4-15(26)16(5-11)29-2/h3-8,10,26H,9H2,1-2H3,(H,22,23)(H,27,28). The highest BCUT2D eigenvalue weighted by atomic mass is 16.5. The molecule has 3 aromatic heterocycles. The molecule has 4 rings (SSSR count). The summed E-state index contributed by atoms with van der Waals surface area (Å²) in [6.45, 7) is 0.280. The number of aromatic nitrogens is 5. The van der Waals surface area contributed by atoms with E-state index in [9.17, 15) is 15.0 Å². The molecule has 0 saturated carbocycles. The van der Waals surface area contributed by atoms with E-state index in [0.717, 1.165) is 16.7 Å². The molecule has 0 saturated heterocycles. The van der Waals surface area contributed by atoms with Crippen LogP contribution in [0.25, 0.3) is 22.3 Å². The number of phenols is 1. The number of hydrogen-bond donors (Lipinski definition) is 3. The van der Waals surface area contributed by atoms with Gasteiger partial charge in [0.25, 0.3) is 0 Å². The minimum atomic E-state index is -1.22. The lowest BCUT2D eigenvalue weighted by molar-refractivity contribution is 0.209. The molecule has 3 heterocycles. The number of imidazole rings is 1. The van der Waals surface area contributed by atoms with Gasteiger partial charge in [-0.2, -0.15) is 5.10 Å². The number of nitrogens with zero attached hydrogens (tertiary/aromatic N) is 5. The number of ether oxygens (including phenoxy) is 1. The van der Waals surface area contributed by atoms with Gasteiger partial charge in [-0.05, 0) is 23.8 Å². The molecule has 0 bridgehead atoms. The normalized spacial score (nSPS) is 11.0. The predicted molar refractivity (Wildman–Crippen MR) is 105 cm³/mol. The molecule has 0 atom stereocenters. The summed E-state index contributed by atoms with van der Waals surface area (Å²) in [5.74, 6) is 0.497. The number of carbonyl (C=O) groups is 1. The van der Waals surface area contributed by atoms with Gasteiger partial charge in [-0.1, -0.05) is 6.07 Å². The number of amides is 1. The van der Waals surface area contributed by atoms with E-state index in [0.29, 0.717) is 16.9 Å². The second-order valence-electron chi connectivity index (χ2n) is 6.43. The van der Waals surface area contributed by atoms with E-state index in [-0.39, 0.29) is 18.2 Å². The quantitative estimate of drug-likeness (QED) is 0.475. The van der Waals surface area contributed by atoms with E-state index in [1.807, 2.05) is 19.3 Å². The lowest BCUT2D eigenvalue weighted by atomic mass is 10.1.